The van der Waals surface area contributed by atoms with E-state index in [0.717, 1.165) is 45.1 Å². The van der Waals surface area contributed by atoms with Gasteiger partial charge in [0.2, 0.25) is 0 Å². The van der Waals surface area contributed by atoms with Crippen LogP contribution in [0.4, 0.5) is 0 Å². The highest BCUT2D eigenvalue weighted by Crippen LogP contribution is 2.27. The third kappa shape index (κ3) is 11.2. The van der Waals surface area contributed by atoms with E-state index >= 15 is 0 Å². The molecular formula is C20H35NO8. The second kappa shape index (κ2) is 14.3. The molecule has 168 valence electrons. The molecule has 0 aromatic heterocycles. The summed E-state index contributed by atoms with van der Waals surface area (Å²) in [6.07, 6.45) is 3.55. The summed E-state index contributed by atoms with van der Waals surface area (Å²) in [7, 11) is 0. The lowest BCUT2D eigenvalue weighted by Gasteiger charge is -2.39. The van der Waals surface area contributed by atoms with Crippen LogP contribution < -0.4 is 5.73 Å². The van der Waals surface area contributed by atoms with Gasteiger partial charge in [0.05, 0.1) is 0 Å². The summed E-state index contributed by atoms with van der Waals surface area (Å²) in [5.41, 5.74) is 5.48. The number of hydrogen-bond donors (Lipinski definition) is 1. The molecular weight excluding hydrogens is 382 g/mol. The highest BCUT2D eigenvalue weighted by atomic mass is 16.7. The Morgan fingerprint density at radius 2 is 1.52 bits per heavy atom. The molecule has 1 saturated heterocycles. The van der Waals surface area contributed by atoms with E-state index in [9.17, 15) is 14.4 Å². The molecule has 0 aliphatic carbocycles. The Balaban J connectivity index is 2.58. The first-order valence-electron chi connectivity index (χ1n) is 10.3. The lowest BCUT2D eigenvalue weighted by Crippen LogP contribution is -2.54. The first-order chi connectivity index (χ1) is 13.8. The summed E-state index contributed by atoms with van der Waals surface area (Å²) in [5.74, 6) is -1.54. The first-order valence-corrected chi connectivity index (χ1v) is 10.3. The van der Waals surface area contributed by atoms with Gasteiger partial charge in [-0.25, -0.2) is 0 Å². The Kier molecular flexibility index (Phi) is 12.5. The minimum absolute atomic E-state index is 0.133. The normalized spacial score (nSPS) is 24.0. The summed E-state index contributed by atoms with van der Waals surface area (Å²) in [5, 5.41) is 0. The van der Waals surface area contributed by atoms with Crippen LogP contribution in [-0.2, 0) is 38.1 Å². The summed E-state index contributed by atoms with van der Waals surface area (Å²) in [4.78, 5) is 34.2. The predicted octanol–water partition coefficient (Wildman–Crippen LogP) is 1.84. The molecule has 0 amide bonds. The van der Waals surface area contributed by atoms with Gasteiger partial charge in [-0.05, 0) is 19.4 Å². The second-order valence-corrected chi connectivity index (χ2v) is 7.15. The minimum Gasteiger partial charge on any atom is -0.463 e. The van der Waals surface area contributed by atoms with E-state index in [1.807, 2.05) is 0 Å². The van der Waals surface area contributed by atoms with Crippen LogP contribution in [0.5, 0.6) is 0 Å². The van der Waals surface area contributed by atoms with Crippen molar-refractivity contribution in [3.63, 3.8) is 0 Å². The van der Waals surface area contributed by atoms with Crippen LogP contribution in [0.2, 0.25) is 0 Å². The van der Waals surface area contributed by atoms with Crippen molar-refractivity contribution in [1.29, 1.82) is 0 Å². The van der Waals surface area contributed by atoms with Gasteiger partial charge in [0, 0.05) is 33.8 Å². The van der Waals surface area contributed by atoms with Crippen molar-refractivity contribution < 1.29 is 38.1 Å². The molecule has 1 aliphatic heterocycles. The molecule has 1 rings (SSSR count). The Bertz CT molecular complexity index is 513. The van der Waals surface area contributed by atoms with Gasteiger partial charge in [-0.15, -0.1) is 0 Å². The smallest absolute Gasteiger partial charge is 0.303 e. The van der Waals surface area contributed by atoms with E-state index in [4.69, 9.17) is 29.4 Å². The van der Waals surface area contributed by atoms with Crippen molar-refractivity contribution in [3.05, 3.63) is 0 Å². The fourth-order valence-corrected chi connectivity index (χ4v) is 3.17. The van der Waals surface area contributed by atoms with E-state index in [2.05, 4.69) is 0 Å². The van der Waals surface area contributed by atoms with E-state index in [0.29, 0.717) is 6.61 Å². The molecule has 1 aliphatic rings. The van der Waals surface area contributed by atoms with Crippen LogP contribution in [0.3, 0.4) is 0 Å². The SMILES string of the molecule is CC(=O)OC[C@H]1O[C@@H](OCCCCCCCCN)C[C@@H](OC(C)=O)[C@H]1OC(C)=O. The van der Waals surface area contributed by atoms with Gasteiger partial charge in [0.15, 0.2) is 12.4 Å². The molecule has 0 bridgehead atoms. The van der Waals surface area contributed by atoms with Crippen LogP contribution in [0.25, 0.3) is 0 Å². The molecule has 9 nitrogen and oxygen atoms in total. The number of ether oxygens (including phenoxy) is 5. The molecule has 4 atom stereocenters. The zero-order valence-electron chi connectivity index (χ0n) is 17.7. The lowest BCUT2D eigenvalue weighted by molar-refractivity contribution is -0.266. The molecule has 0 aromatic carbocycles. The standard InChI is InChI=1S/C20H35NO8/c1-14(22)26-13-18-20(28-16(3)24)17(27-15(2)23)12-19(29-18)25-11-9-7-5-4-6-8-10-21/h17-20H,4-13,21H2,1-3H3/t17-,18-,19-,20-/m1/s1. The zero-order chi connectivity index (χ0) is 21.6. The third-order valence-corrected chi connectivity index (χ3v) is 4.46. The van der Waals surface area contributed by atoms with Crippen molar-refractivity contribution >= 4 is 17.9 Å². The van der Waals surface area contributed by atoms with Gasteiger partial charge < -0.3 is 29.4 Å². The van der Waals surface area contributed by atoms with Crippen LogP contribution in [0, 0.1) is 0 Å². The maximum absolute atomic E-state index is 11.5. The van der Waals surface area contributed by atoms with Gasteiger partial charge in [-0.3, -0.25) is 14.4 Å². The molecule has 0 unspecified atom stereocenters. The number of rotatable bonds is 13. The van der Waals surface area contributed by atoms with Crippen molar-refractivity contribution in [2.45, 2.75) is 90.3 Å². The largest absolute Gasteiger partial charge is 0.463 e. The van der Waals surface area contributed by atoms with Gasteiger partial charge in [0.1, 0.15) is 18.8 Å². The maximum Gasteiger partial charge on any atom is 0.303 e. The Labute approximate surface area is 172 Å². The quantitative estimate of drug-likeness (QED) is 0.271. The number of esters is 3. The van der Waals surface area contributed by atoms with Gasteiger partial charge >= 0.3 is 17.9 Å². The van der Waals surface area contributed by atoms with E-state index < -0.39 is 42.5 Å². The van der Waals surface area contributed by atoms with Crippen LogP contribution in [-0.4, -0.2) is 62.3 Å². The Morgan fingerprint density at radius 3 is 2.10 bits per heavy atom. The van der Waals surface area contributed by atoms with Crippen molar-refractivity contribution in [2.75, 3.05) is 19.8 Å². The van der Waals surface area contributed by atoms with Crippen molar-refractivity contribution in [1.82, 2.24) is 0 Å². The lowest BCUT2D eigenvalue weighted by atomic mass is 10.0. The van der Waals surface area contributed by atoms with E-state index in [1.54, 1.807) is 0 Å². The Morgan fingerprint density at radius 1 is 0.897 bits per heavy atom. The van der Waals surface area contributed by atoms with Gasteiger partial charge in [-0.1, -0.05) is 25.7 Å². The third-order valence-electron chi connectivity index (χ3n) is 4.46. The maximum atomic E-state index is 11.5. The number of carbonyl (C=O) groups excluding carboxylic acids is 3. The van der Waals surface area contributed by atoms with Gasteiger partial charge in [0.25, 0.3) is 0 Å². The Hall–Kier alpha value is -1.71. The molecule has 1 fully saturated rings. The minimum atomic E-state index is -0.877. The second-order valence-electron chi connectivity index (χ2n) is 7.15. The number of hydrogen-bond acceptors (Lipinski definition) is 9. The predicted molar refractivity (Wildman–Crippen MR) is 104 cm³/mol. The molecule has 29 heavy (non-hydrogen) atoms. The molecule has 9 heteroatoms. The molecule has 0 spiro atoms. The highest BCUT2D eigenvalue weighted by molar-refractivity contribution is 5.67. The molecule has 0 radical (unpaired) electrons. The fraction of sp³-hybridized carbons (Fsp3) is 0.850. The topological polar surface area (TPSA) is 123 Å². The molecule has 0 saturated carbocycles. The van der Waals surface area contributed by atoms with Crippen LogP contribution in [0.1, 0.15) is 65.7 Å². The molecule has 0 aromatic rings. The van der Waals surface area contributed by atoms with E-state index in [-0.39, 0.29) is 13.0 Å². The average molecular weight is 417 g/mol. The summed E-state index contributed by atoms with van der Waals surface area (Å²) in [6.45, 7) is 4.90. The highest BCUT2D eigenvalue weighted by Gasteiger charge is 2.44. The zero-order valence-corrected chi connectivity index (χ0v) is 17.7. The van der Waals surface area contributed by atoms with E-state index in [1.165, 1.54) is 20.8 Å². The summed E-state index contributed by atoms with van der Waals surface area (Å²) in [6, 6.07) is 0. The number of unbranched alkanes of at least 4 members (excludes halogenated alkanes) is 5. The fourth-order valence-electron chi connectivity index (χ4n) is 3.17. The van der Waals surface area contributed by atoms with Crippen molar-refractivity contribution in [3.8, 4) is 0 Å². The van der Waals surface area contributed by atoms with Crippen molar-refractivity contribution in [2.24, 2.45) is 5.73 Å². The monoisotopic (exact) mass is 417 g/mol. The molecule has 2 N–H and O–H groups in total. The van der Waals surface area contributed by atoms with Gasteiger partial charge in [-0.2, -0.15) is 0 Å². The summed E-state index contributed by atoms with van der Waals surface area (Å²) < 4.78 is 27.3. The average Bonchev–Trinajstić information content (AvgIpc) is 2.63. The molecule has 1 heterocycles. The van der Waals surface area contributed by atoms with Crippen LogP contribution >= 0.6 is 0 Å². The van der Waals surface area contributed by atoms with Crippen LogP contribution in [0.15, 0.2) is 0 Å². The number of nitrogens with two attached hydrogens (primary N) is 1. The number of carbonyl (C=O) groups is 3. The first kappa shape index (κ1) is 25.3. The summed E-state index contributed by atoms with van der Waals surface area (Å²) >= 11 is 0.